The number of nitrogens with zero attached hydrogens (tertiary/aromatic N) is 3. The first kappa shape index (κ1) is 17.4. The zero-order valence-corrected chi connectivity index (χ0v) is 15.5. The van der Waals surface area contributed by atoms with Crippen LogP contribution in [0.15, 0.2) is 41.5 Å². The Labute approximate surface area is 148 Å². The van der Waals surface area contributed by atoms with Gasteiger partial charge < -0.3 is 9.73 Å². The maximum atomic E-state index is 5.84. The first-order valence-electron chi connectivity index (χ1n) is 8.61. The Kier molecular flexibility index (Phi) is 4.77. The number of hydrogen-bond acceptors (Lipinski definition) is 4. The molecule has 0 bridgehead atoms. The van der Waals surface area contributed by atoms with E-state index in [2.05, 4.69) is 54.9 Å². The molecule has 2 aromatic heterocycles. The van der Waals surface area contributed by atoms with Gasteiger partial charge in [-0.25, -0.2) is 4.98 Å². The molecular formula is C20H26N4O. The van der Waals surface area contributed by atoms with Crippen LogP contribution in [0.3, 0.4) is 0 Å². The Balaban J connectivity index is 1.66. The lowest BCUT2D eigenvalue weighted by Gasteiger charge is -2.18. The molecule has 0 aliphatic heterocycles. The summed E-state index contributed by atoms with van der Waals surface area (Å²) in [4.78, 5) is 4.61. The molecule has 0 fully saturated rings. The molecule has 0 radical (unpaired) electrons. The summed E-state index contributed by atoms with van der Waals surface area (Å²) in [5, 5.41) is 7.84. The van der Waals surface area contributed by atoms with Crippen molar-refractivity contribution in [1.29, 1.82) is 0 Å². The van der Waals surface area contributed by atoms with E-state index in [-0.39, 0.29) is 5.41 Å². The molecule has 1 N–H and O–H groups in total. The summed E-state index contributed by atoms with van der Waals surface area (Å²) in [6.45, 7) is 14.4. The molecule has 5 heteroatoms. The molecule has 0 amide bonds. The van der Waals surface area contributed by atoms with Crippen molar-refractivity contribution in [3.05, 3.63) is 59.8 Å². The van der Waals surface area contributed by atoms with E-state index >= 15 is 0 Å². The van der Waals surface area contributed by atoms with Crippen LogP contribution in [0.1, 0.15) is 43.5 Å². The summed E-state index contributed by atoms with van der Waals surface area (Å²) < 4.78 is 7.74. The average molecular weight is 338 g/mol. The number of allylic oxidation sites excluding steroid dienone is 1. The summed E-state index contributed by atoms with van der Waals surface area (Å²) in [6.07, 6.45) is 3.89. The fourth-order valence-corrected chi connectivity index (χ4v) is 2.78. The highest BCUT2D eigenvalue weighted by atomic mass is 16.3. The average Bonchev–Trinajstić information content (AvgIpc) is 3.09. The van der Waals surface area contributed by atoms with Crippen molar-refractivity contribution in [3.63, 3.8) is 0 Å². The van der Waals surface area contributed by atoms with Gasteiger partial charge in [0.25, 0.3) is 0 Å². The van der Waals surface area contributed by atoms with Gasteiger partial charge in [-0.3, -0.25) is 4.68 Å². The summed E-state index contributed by atoms with van der Waals surface area (Å²) in [6, 6.07) is 6.24. The topological polar surface area (TPSA) is 55.9 Å². The minimum Gasteiger partial charge on any atom is -0.439 e. The summed E-state index contributed by atoms with van der Waals surface area (Å²) in [7, 11) is 0. The highest BCUT2D eigenvalue weighted by molar-refractivity contribution is 5.73. The second-order valence-electron chi connectivity index (χ2n) is 7.39. The predicted molar refractivity (Wildman–Crippen MR) is 100 cm³/mol. The molecule has 0 saturated heterocycles. The lowest BCUT2D eigenvalue weighted by atomic mass is 9.87. The van der Waals surface area contributed by atoms with E-state index in [4.69, 9.17) is 4.42 Å². The molecule has 5 nitrogen and oxygen atoms in total. The van der Waals surface area contributed by atoms with Crippen LogP contribution in [0.2, 0.25) is 0 Å². The fraction of sp³-hybridized carbons (Fsp3) is 0.400. The van der Waals surface area contributed by atoms with Gasteiger partial charge in [0, 0.05) is 18.3 Å². The number of oxazole rings is 1. The van der Waals surface area contributed by atoms with E-state index in [0.717, 1.165) is 29.9 Å². The molecule has 0 aliphatic carbocycles. The van der Waals surface area contributed by atoms with Crippen LogP contribution in [-0.4, -0.2) is 14.8 Å². The summed E-state index contributed by atoms with van der Waals surface area (Å²) in [5.74, 6) is 0.706. The molecule has 0 spiro atoms. The van der Waals surface area contributed by atoms with Gasteiger partial charge in [0.2, 0.25) is 5.89 Å². The van der Waals surface area contributed by atoms with E-state index in [1.807, 2.05) is 29.9 Å². The second kappa shape index (κ2) is 6.84. The molecule has 0 atom stereocenters. The van der Waals surface area contributed by atoms with Crippen LogP contribution >= 0.6 is 0 Å². The van der Waals surface area contributed by atoms with Crippen molar-refractivity contribution >= 4 is 11.1 Å². The maximum absolute atomic E-state index is 5.84. The van der Waals surface area contributed by atoms with Crippen LogP contribution in [0.5, 0.6) is 0 Å². The first-order valence-corrected chi connectivity index (χ1v) is 8.61. The number of aromatic nitrogens is 3. The SMILES string of the molecule is C=CCn1cc(CNCc2nc3cc(C(C)(C)C)ccc3o2)c(C)n1. The number of benzene rings is 1. The first-order chi connectivity index (χ1) is 11.9. The smallest absolute Gasteiger partial charge is 0.209 e. The lowest BCUT2D eigenvalue weighted by molar-refractivity contribution is 0.495. The Hall–Kier alpha value is -2.40. The van der Waals surface area contributed by atoms with Crippen molar-refractivity contribution < 1.29 is 4.42 Å². The van der Waals surface area contributed by atoms with E-state index in [9.17, 15) is 0 Å². The van der Waals surface area contributed by atoms with Gasteiger partial charge in [-0.1, -0.05) is 32.9 Å². The van der Waals surface area contributed by atoms with Gasteiger partial charge in [0.15, 0.2) is 5.58 Å². The van der Waals surface area contributed by atoms with E-state index in [1.54, 1.807) is 0 Å². The quantitative estimate of drug-likeness (QED) is 0.687. The van der Waals surface area contributed by atoms with Gasteiger partial charge in [-0.2, -0.15) is 5.10 Å². The number of fused-ring (bicyclic) bond motifs is 1. The Bertz CT molecular complexity index is 883. The number of hydrogen-bond donors (Lipinski definition) is 1. The maximum Gasteiger partial charge on any atom is 0.209 e. The van der Waals surface area contributed by atoms with Crippen LogP contribution in [0.4, 0.5) is 0 Å². The summed E-state index contributed by atoms with van der Waals surface area (Å²) >= 11 is 0. The molecular weight excluding hydrogens is 312 g/mol. The highest BCUT2D eigenvalue weighted by Crippen LogP contribution is 2.26. The van der Waals surface area contributed by atoms with Crippen molar-refractivity contribution in [3.8, 4) is 0 Å². The molecule has 0 saturated carbocycles. The third-order valence-electron chi connectivity index (χ3n) is 4.25. The van der Waals surface area contributed by atoms with Crippen LogP contribution in [0, 0.1) is 6.92 Å². The lowest BCUT2D eigenvalue weighted by Crippen LogP contribution is -2.13. The Morgan fingerprint density at radius 3 is 2.80 bits per heavy atom. The number of aryl methyl sites for hydroxylation is 1. The third kappa shape index (κ3) is 3.99. The molecule has 2 heterocycles. The van der Waals surface area contributed by atoms with Gasteiger partial charge in [0.05, 0.1) is 18.8 Å². The van der Waals surface area contributed by atoms with Gasteiger partial charge in [-0.15, -0.1) is 6.58 Å². The molecule has 0 aliphatic rings. The van der Waals surface area contributed by atoms with Gasteiger partial charge >= 0.3 is 0 Å². The summed E-state index contributed by atoms with van der Waals surface area (Å²) in [5.41, 5.74) is 5.32. The Morgan fingerprint density at radius 1 is 1.28 bits per heavy atom. The number of rotatable bonds is 6. The Morgan fingerprint density at radius 2 is 2.08 bits per heavy atom. The van der Waals surface area contributed by atoms with E-state index in [1.165, 1.54) is 11.1 Å². The molecule has 1 aromatic carbocycles. The molecule has 132 valence electrons. The van der Waals surface area contributed by atoms with Gasteiger partial charge in [-0.05, 0) is 30.0 Å². The van der Waals surface area contributed by atoms with Gasteiger partial charge in [0.1, 0.15) is 5.52 Å². The van der Waals surface area contributed by atoms with Crippen molar-refractivity contribution in [2.24, 2.45) is 0 Å². The highest BCUT2D eigenvalue weighted by Gasteiger charge is 2.15. The zero-order valence-electron chi connectivity index (χ0n) is 15.5. The largest absolute Gasteiger partial charge is 0.439 e. The van der Waals surface area contributed by atoms with E-state index in [0.29, 0.717) is 12.4 Å². The molecule has 0 unspecified atom stereocenters. The standard InChI is InChI=1S/C20H26N4O/c1-6-9-24-13-15(14(2)23-24)11-21-12-19-22-17-10-16(20(3,4)5)7-8-18(17)25-19/h6-8,10,13,21H,1,9,11-12H2,2-5H3. The van der Waals surface area contributed by atoms with Crippen molar-refractivity contribution in [2.75, 3.05) is 0 Å². The van der Waals surface area contributed by atoms with Crippen LogP contribution in [0.25, 0.3) is 11.1 Å². The normalized spacial score (nSPS) is 12.0. The molecule has 3 rings (SSSR count). The molecule has 3 aromatic rings. The third-order valence-corrected chi connectivity index (χ3v) is 4.25. The number of nitrogens with one attached hydrogen (secondary N) is 1. The zero-order chi connectivity index (χ0) is 18.0. The monoisotopic (exact) mass is 338 g/mol. The minimum absolute atomic E-state index is 0.106. The predicted octanol–water partition coefficient (Wildman–Crippen LogP) is 4.11. The molecule has 25 heavy (non-hydrogen) atoms. The van der Waals surface area contributed by atoms with Crippen molar-refractivity contribution in [2.45, 2.75) is 52.7 Å². The second-order valence-corrected chi connectivity index (χ2v) is 7.39. The van der Waals surface area contributed by atoms with Crippen molar-refractivity contribution in [1.82, 2.24) is 20.1 Å². The minimum atomic E-state index is 0.106. The van der Waals surface area contributed by atoms with E-state index < -0.39 is 0 Å². The fourth-order valence-electron chi connectivity index (χ4n) is 2.78. The van der Waals surface area contributed by atoms with Crippen LogP contribution < -0.4 is 5.32 Å². The van der Waals surface area contributed by atoms with Crippen LogP contribution in [-0.2, 0) is 25.0 Å².